The van der Waals surface area contributed by atoms with Gasteiger partial charge in [0.1, 0.15) is 24.1 Å². The molecule has 0 saturated carbocycles. The Bertz CT molecular complexity index is 445. The molecule has 0 aromatic heterocycles. The molecule has 0 unspecified atom stereocenters. The van der Waals surface area contributed by atoms with E-state index in [1.165, 1.54) is 12.1 Å². The van der Waals surface area contributed by atoms with Crippen LogP contribution in [0.4, 0.5) is 5.69 Å². The third kappa shape index (κ3) is 1.20. The first kappa shape index (κ1) is 8.67. The van der Waals surface area contributed by atoms with E-state index >= 15 is 0 Å². The molecule has 0 spiro atoms. The highest BCUT2D eigenvalue weighted by Crippen LogP contribution is 2.50. The molecular formula is C10H9NO4. The van der Waals surface area contributed by atoms with Gasteiger partial charge < -0.3 is 9.47 Å². The van der Waals surface area contributed by atoms with Crippen molar-refractivity contribution in [3.8, 4) is 5.75 Å². The van der Waals surface area contributed by atoms with Gasteiger partial charge in [-0.3, -0.25) is 10.1 Å². The lowest BCUT2D eigenvalue weighted by atomic mass is 10.0. The highest BCUT2D eigenvalue weighted by Gasteiger charge is 2.50. The second kappa shape index (κ2) is 2.70. The molecule has 5 heteroatoms. The first-order chi connectivity index (χ1) is 7.16. The van der Waals surface area contributed by atoms with Crippen LogP contribution in [0, 0.1) is 10.1 Å². The Morgan fingerprint density at radius 1 is 1.47 bits per heavy atom. The smallest absolute Gasteiger partial charge is 0.270 e. The van der Waals surface area contributed by atoms with Crippen LogP contribution in [0.25, 0.3) is 0 Å². The molecule has 0 bridgehead atoms. The van der Waals surface area contributed by atoms with Crippen LogP contribution in [0.3, 0.4) is 0 Å². The van der Waals surface area contributed by atoms with E-state index in [0.29, 0.717) is 5.75 Å². The topological polar surface area (TPSA) is 64.9 Å². The zero-order chi connectivity index (χ0) is 10.6. The average Bonchev–Trinajstić information content (AvgIpc) is 2.97. The lowest BCUT2D eigenvalue weighted by Gasteiger charge is -2.19. The molecule has 0 N–H and O–H groups in total. The first-order valence-corrected chi connectivity index (χ1v) is 4.77. The number of nitro groups is 1. The molecule has 2 heterocycles. The van der Waals surface area contributed by atoms with E-state index < -0.39 is 4.92 Å². The number of epoxide rings is 1. The van der Waals surface area contributed by atoms with E-state index in [0.717, 1.165) is 5.56 Å². The van der Waals surface area contributed by atoms with Gasteiger partial charge in [-0.25, -0.2) is 0 Å². The fourth-order valence-electron chi connectivity index (χ4n) is 1.98. The molecule has 78 valence electrons. The van der Waals surface area contributed by atoms with E-state index in [4.69, 9.17) is 9.47 Å². The molecule has 3 atom stereocenters. The lowest BCUT2D eigenvalue weighted by Crippen LogP contribution is -2.23. The Morgan fingerprint density at radius 3 is 3.00 bits per heavy atom. The maximum absolute atomic E-state index is 10.6. The van der Waals surface area contributed by atoms with Crippen molar-refractivity contribution in [3.05, 3.63) is 33.9 Å². The van der Waals surface area contributed by atoms with Crippen molar-refractivity contribution in [2.75, 3.05) is 0 Å². The number of nitrogens with zero attached hydrogens (tertiary/aromatic N) is 1. The molecule has 2 aliphatic heterocycles. The minimum atomic E-state index is -0.407. The quantitative estimate of drug-likeness (QED) is 0.400. The summed E-state index contributed by atoms with van der Waals surface area (Å²) in [5.74, 6) is 0.701. The second-order valence-electron chi connectivity index (χ2n) is 3.82. The van der Waals surface area contributed by atoms with E-state index in [9.17, 15) is 10.1 Å². The SMILES string of the molecule is C[C@@H]1Oc2ccc([N+](=O)[O-])cc2[C@H]2O[C@H]12. The van der Waals surface area contributed by atoms with Crippen molar-refractivity contribution in [3.63, 3.8) is 0 Å². The van der Waals surface area contributed by atoms with Gasteiger partial charge in [-0.05, 0) is 13.0 Å². The second-order valence-corrected chi connectivity index (χ2v) is 3.82. The number of nitro benzene ring substituents is 1. The average molecular weight is 207 g/mol. The summed E-state index contributed by atoms with van der Waals surface area (Å²) in [5, 5.41) is 10.6. The Labute approximate surface area is 85.8 Å². The van der Waals surface area contributed by atoms with Gasteiger partial charge in [0, 0.05) is 17.7 Å². The summed E-state index contributed by atoms with van der Waals surface area (Å²) in [4.78, 5) is 10.2. The number of hydrogen-bond donors (Lipinski definition) is 0. The minimum absolute atomic E-state index is 0.0105. The highest BCUT2D eigenvalue weighted by molar-refractivity contribution is 5.48. The summed E-state index contributed by atoms with van der Waals surface area (Å²) in [6.45, 7) is 1.94. The van der Waals surface area contributed by atoms with Crippen molar-refractivity contribution in [2.45, 2.75) is 25.2 Å². The normalized spacial score (nSPS) is 31.1. The predicted octanol–water partition coefficient (Wildman–Crippen LogP) is 1.82. The Hall–Kier alpha value is -1.62. The number of rotatable bonds is 1. The summed E-state index contributed by atoms with van der Waals surface area (Å²) in [7, 11) is 0. The van der Waals surface area contributed by atoms with Gasteiger partial charge in [0.25, 0.3) is 5.69 Å². The fourth-order valence-corrected chi connectivity index (χ4v) is 1.98. The molecule has 2 aliphatic rings. The highest BCUT2D eigenvalue weighted by atomic mass is 16.6. The Morgan fingerprint density at radius 2 is 2.27 bits per heavy atom. The van der Waals surface area contributed by atoms with Gasteiger partial charge in [0.15, 0.2) is 0 Å². The maximum atomic E-state index is 10.6. The summed E-state index contributed by atoms with van der Waals surface area (Å²) in [6.07, 6.45) is 0.0899. The van der Waals surface area contributed by atoms with Gasteiger partial charge in [0.2, 0.25) is 0 Å². The molecule has 1 saturated heterocycles. The zero-order valence-corrected chi connectivity index (χ0v) is 8.04. The van der Waals surface area contributed by atoms with Gasteiger partial charge in [0.05, 0.1) is 4.92 Å². The van der Waals surface area contributed by atoms with Crippen LogP contribution >= 0.6 is 0 Å². The first-order valence-electron chi connectivity index (χ1n) is 4.77. The minimum Gasteiger partial charge on any atom is -0.487 e. The van der Waals surface area contributed by atoms with Crippen molar-refractivity contribution in [1.82, 2.24) is 0 Å². The van der Waals surface area contributed by atoms with Gasteiger partial charge in [-0.1, -0.05) is 0 Å². The monoisotopic (exact) mass is 207 g/mol. The fraction of sp³-hybridized carbons (Fsp3) is 0.400. The molecule has 1 fully saturated rings. The summed E-state index contributed by atoms with van der Waals surface area (Å²) in [5.41, 5.74) is 0.883. The number of fused-ring (bicyclic) bond motifs is 3. The van der Waals surface area contributed by atoms with Gasteiger partial charge >= 0.3 is 0 Å². The zero-order valence-electron chi connectivity index (χ0n) is 8.04. The molecule has 1 aromatic carbocycles. The number of non-ortho nitro benzene ring substituents is 1. The molecule has 0 aliphatic carbocycles. The number of benzene rings is 1. The number of ether oxygens (including phenoxy) is 2. The molecule has 0 radical (unpaired) electrons. The predicted molar refractivity (Wildman–Crippen MR) is 50.8 cm³/mol. The standard InChI is InChI=1S/C10H9NO4/c1-5-9-10(15-9)7-4-6(11(12)13)2-3-8(7)14-5/h2-5,9-10H,1H3/t5-,9+,10+/m0/s1. The van der Waals surface area contributed by atoms with Crippen molar-refractivity contribution in [2.24, 2.45) is 0 Å². The molecule has 0 amide bonds. The van der Waals surface area contributed by atoms with Crippen LogP contribution in [-0.4, -0.2) is 17.1 Å². The van der Waals surface area contributed by atoms with Crippen LogP contribution in [0.1, 0.15) is 18.6 Å². The third-order valence-electron chi connectivity index (χ3n) is 2.81. The Balaban J connectivity index is 2.06. The maximum Gasteiger partial charge on any atom is 0.270 e. The van der Waals surface area contributed by atoms with Crippen LogP contribution in [0.5, 0.6) is 5.75 Å². The van der Waals surface area contributed by atoms with Gasteiger partial charge in [-0.15, -0.1) is 0 Å². The van der Waals surface area contributed by atoms with Crippen LogP contribution < -0.4 is 4.74 Å². The third-order valence-corrected chi connectivity index (χ3v) is 2.81. The summed E-state index contributed by atoms with van der Waals surface area (Å²) < 4.78 is 11.0. The molecule has 5 nitrogen and oxygen atoms in total. The van der Waals surface area contributed by atoms with Crippen LogP contribution in [-0.2, 0) is 4.74 Å². The van der Waals surface area contributed by atoms with E-state index in [1.807, 2.05) is 6.92 Å². The van der Waals surface area contributed by atoms with Crippen LogP contribution in [0.15, 0.2) is 18.2 Å². The molecule has 15 heavy (non-hydrogen) atoms. The van der Waals surface area contributed by atoms with Crippen molar-refractivity contribution >= 4 is 5.69 Å². The van der Waals surface area contributed by atoms with Gasteiger partial charge in [-0.2, -0.15) is 0 Å². The number of hydrogen-bond acceptors (Lipinski definition) is 4. The lowest BCUT2D eigenvalue weighted by molar-refractivity contribution is -0.385. The molecule has 3 rings (SSSR count). The van der Waals surface area contributed by atoms with E-state index in [2.05, 4.69) is 0 Å². The molecule has 1 aromatic rings. The van der Waals surface area contributed by atoms with E-state index in [1.54, 1.807) is 6.07 Å². The van der Waals surface area contributed by atoms with Crippen molar-refractivity contribution in [1.29, 1.82) is 0 Å². The summed E-state index contributed by atoms with van der Waals surface area (Å²) >= 11 is 0. The molecular weight excluding hydrogens is 198 g/mol. The Kier molecular flexibility index (Phi) is 1.56. The van der Waals surface area contributed by atoms with Crippen molar-refractivity contribution < 1.29 is 14.4 Å². The van der Waals surface area contributed by atoms with E-state index in [-0.39, 0.29) is 24.0 Å². The van der Waals surface area contributed by atoms with Crippen LogP contribution in [0.2, 0.25) is 0 Å². The summed E-state index contributed by atoms with van der Waals surface area (Å²) in [6, 6.07) is 4.63. The largest absolute Gasteiger partial charge is 0.487 e.